The highest BCUT2D eigenvalue weighted by Gasteiger charge is 2.18. The van der Waals surface area contributed by atoms with E-state index in [9.17, 15) is 13.6 Å². The topological polar surface area (TPSA) is 62.1 Å². The Morgan fingerprint density at radius 2 is 1.96 bits per heavy atom. The van der Waals surface area contributed by atoms with Crippen LogP contribution in [0.1, 0.15) is 17.2 Å². The number of amides is 1. The minimum atomic E-state index is -1.21. The molecule has 1 atom stereocenters. The van der Waals surface area contributed by atoms with Crippen molar-refractivity contribution >= 4 is 5.91 Å². The highest BCUT2D eigenvalue weighted by molar-refractivity contribution is 5.78. The van der Waals surface area contributed by atoms with Crippen molar-refractivity contribution in [1.82, 2.24) is 5.32 Å². The molecule has 0 aliphatic heterocycles. The number of carbonyl (C=O) groups is 1. The molecule has 0 radical (unpaired) electrons. The molecular weight excluding hydrogens is 302 g/mol. The van der Waals surface area contributed by atoms with E-state index in [1.807, 2.05) is 30.3 Å². The van der Waals surface area contributed by atoms with Gasteiger partial charge in [0.15, 0.2) is 0 Å². The summed E-state index contributed by atoms with van der Waals surface area (Å²) in [7, 11) is 0. The second-order valence-electron chi connectivity index (χ2n) is 4.77. The van der Waals surface area contributed by atoms with Crippen molar-refractivity contribution in [3.63, 3.8) is 0 Å². The molecule has 23 heavy (non-hydrogen) atoms. The third-order valence-electron chi connectivity index (χ3n) is 3.05. The molecule has 0 aliphatic carbocycles. The van der Waals surface area contributed by atoms with E-state index in [2.05, 4.69) is 5.32 Å². The van der Waals surface area contributed by atoms with Crippen LogP contribution in [0, 0.1) is 23.0 Å². The Bertz CT molecular complexity index is 714. The summed E-state index contributed by atoms with van der Waals surface area (Å²) in [6, 6.07) is 12.7. The second kappa shape index (κ2) is 8.01. The van der Waals surface area contributed by atoms with Crippen LogP contribution in [0.4, 0.5) is 8.78 Å². The van der Waals surface area contributed by atoms with Gasteiger partial charge in [-0.15, -0.1) is 0 Å². The number of benzene rings is 2. The fourth-order valence-corrected chi connectivity index (χ4v) is 1.95. The summed E-state index contributed by atoms with van der Waals surface area (Å²) in [5, 5.41) is 11.4. The van der Waals surface area contributed by atoms with E-state index >= 15 is 0 Å². The summed E-state index contributed by atoms with van der Waals surface area (Å²) in [5.41, 5.74) is 0.812. The number of rotatable bonds is 6. The standard InChI is InChI=1S/C17H14F2N2O2/c18-13-6-7-14(15(19)8-13)16(9-20)21-17(22)11-23-10-12-4-2-1-3-5-12/h1-8,16H,10-11H2,(H,21,22)/t16-/m0/s1. The fraction of sp³-hybridized carbons (Fsp3) is 0.176. The second-order valence-corrected chi connectivity index (χ2v) is 4.77. The Balaban J connectivity index is 1.89. The molecule has 0 bridgehead atoms. The molecule has 1 N–H and O–H groups in total. The molecule has 2 rings (SSSR count). The molecule has 0 aliphatic rings. The summed E-state index contributed by atoms with van der Waals surface area (Å²) >= 11 is 0. The molecule has 2 aromatic carbocycles. The Labute approximate surface area is 132 Å². The van der Waals surface area contributed by atoms with Crippen molar-refractivity contribution in [2.45, 2.75) is 12.6 Å². The Morgan fingerprint density at radius 1 is 1.22 bits per heavy atom. The zero-order valence-corrected chi connectivity index (χ0v) is 12.1. The highest BCUT2D eigenvalue weighted by atomic mass is 19.1. The van der Waals surface area contributed by atoms with E-state index in [1.165, 1.54) is 0 Å². The number of carbonyl (C=O) groups excluding carboxylic acids is 1. The van der Waals surface area contributed by atoms with Crippen molar-refractivity contribution in [2.24, 2.45) is 0 Å². The first-order valence-electron chi connectivity index (χ1n) is 6.85. The van der Waals surface area contributed by atoms with Crippen LogP contribution in [0.5, 0.6) is 0 Å². The number of hydrogen-bond donors (Lipinski definition) is 1. The molecule has 2 aromatic rings. The van der Waals surface area contributed by atoms with E-state index in [4.69, 9.17) is 10.00 Å². The predicted molar refractivity (Wildman–Crippen MR) is 79.0 cm³/mol. The lowest BCUT2D eigenvalue weighted by molar-refractivity contribution is -0.126. The summed E-state index contributed by atoms with van der Waals surface area (Å²) in [4.78, 5) is 11.8. The van der Waals surface area contributed by atoms with Crippen molar-refractivity contribution < 1.29 is 18.3 Å². The Hall–Kier alpha value is -2.78. The van der Waals surface area contributed by atoms with E-state index in [-0.39, 0.29) is 18.8 Å². The molecule has 1 amide bonds. The summed E-state index contributed by atoms with van der Waals surface area (Å²) in [5.74, 6) is -2.20. The number of nitrogens with zero attached hydrogens (tertiary/aromatic N) is 1. The highest BCUT2D eigenvalue weighted by Crippen LogP contribution is 2.17. The van der Waals surface area contributed by atoms with Crippen LogP contribution in [-0.4, -0.2) is 12.5 Å². The summed E-state index contributed by atoms with van der Waals surface area (Å²) in [6.07, 6.45) is 0. The number of nitrogens with one attached hydrogen (secondary N) is 1. The van der Waals surface area contributed by atoms with Gasteiger partial charge in [0, 0.05) is 11.6 Å². The average Bonchev–Trinajstić information content (AvgIpc) is 2.54. The molecular formula is C17H14F2N2O2. The van der Waals surface area contributed by atoms with Gasteiger partial charge in [-0.1, -0.05) is 36.4 Å². The van der Waals surface area contributed by atoms with Gasteiger partial charge in [0.2, 0.25) is 5.91 Å². The lowest BCUT2D eigenvalue weighted by atomic mass is 10.1. The van der Waals surface area contributed by atoms with Crippen LogP contribution < -0.4 is 5.32 Å². The van der Waals surface area contributed by atoms with Gasteiger partial charge in [0.25, 0.3) is 0 Å². The van der Waals surface area contributed by atoms with Crippen molar-refractivity contribution in [3.8, 4) is 6.07 Å². The maximum Gasteiger partial charge on any atom is 0.247 e. The van der Waals surface area contributed by atoms with Gasteiger partial charge in [0.05, 0.1) is 12.7 Å². The average molecular weight is 316 g/mol. The first-order valence-corrected chi connectivity index (χ1v) is 6.85. The quantitative estimate of drug-likeness (QED) is 0.891. The summed E-state index contributed by atoms with van der Waals surface area (Å²) in [6.45, 7) is -0.0216. The predicted octanol–water partition coefficient (Wildman–Crippen LogP) is 2.86. The molecule has 0 heterocycles. The summed E-state index contributed by atoms with van der Waals surface area (Å²) < 4.78 is 31.7. The molecule has 4 nitrogen and oxygen atoms in total. The van der Waals surface area contributed by atoms with Crippen molar-refractivity contribution in [1.29, 1.82) is 5.26 Å². The van der Waals surface area contributed by atoms with Gasteiger partial charge in [-0.3, -0.25) is 4.79 Å². The van der Waals surface area contributed by atoms with Gasteiger partial charge in [-0.25, -0.2) is 8.78 Å². The fourth-order valence-electron chi connectivity index (χ4n) is 1.95. The van der Waals surface area contributed by atoms with E-state index in [0.717, 1.165) is 17.7 Å². The van der Waals surface area contributed by atoms with E-state index in [1.54, 1.807) is 6.07 Å². The van der Waals surface area contributed by atoms with Crippen LogP contribution >= 0.6 is 0 Å². The molecule has 118 valence electrons. The van der Waals surface area contributed by atoms with E-state index < -0.39 is 23.6 Å². The van der Waals surface area contributed by atoms with Crippen LogP contribution in [0.2, 0.25) is 0 Å². The van der Waals surface area contributed by atoms with E-state index in [0.29, 0.717) is 6.07 Å². The zero-order valence-electron chi connectivity index (χ0n) is 12.1. The van der Waals surface area contributed by atoms with Crippen LogP contribution in [0.25, 0.3) is 0 Å². The first kappa shape index (κ1) is 16.6. The van der Waals surface area contributed by atoms with Gasteiger partial charge in [-0.2, -0.15) is 5.26 Å². The minimum Gasteiger partial charge on any atom is -0.367 e. The van der Waals surface area contributed by atoms with Crippen LogP contribution in [0.3, 0.4) is 0 Å². The maximum atomic E-state index is 13.6. The van der Waals surface area contributed by atoms with Crippen molar-refractivity contribution in [3.05, 3.63) is 71.3 Å². The monoisotopic (exact) mass is 316 g/mol. The van der Waals surface area contributed by atoms with Gasteiger partial charge in [0.1, 0.15) is 24.3 Å². The smallest absolute Gasteiger partial charge is 0.247 e. The normalized spacial score (nSPS) is 11.5. The molecule has 0 aromatic heterocycles. The number of hydrogen-bond acceptors (Lipinski definition) is 3. The van der Waals surface area contributed by atoms with Gasteiger partial charge < -0.3 is 10.1 Å². The molecule has 0 saturated heterocycles. The third kappa shape index (κ3) is 4.87. The maximum absolute atomic E-state index is 13.6. The van der Waals surface area contributed by atoms with Crippen LogP contribution in [0.15, 0.2) is 48.5 Å². The number of nitriles is 1. The molecule has 0 fully saturated rings. The van der Waals surface area contributed by atoms with Crippen LogP contribution in [-0.2, 0) is 16.1 Å². The number of ether oxygens (including phenoxy) is 1. The molecule has 0 unspecified atom stereocenters. The minimum absolute atomic E-state index is 0.0923. The third-order valence-corrected chi connectivity index (χ3v) is 3.05. The lowest BCUT2D eigenvalue weighted by Gasteiger charge is -2.13. The van der Waals surface area contributed by atoms with Gasteiger partial charge >= 0.3 is 0 Å². The molecule has 0 saturated carbocycles. The zero-order chi connectivity index (χ0) is 16.7. The van der Waals surface area contributed by atoms with Crippen molar-refractivity contribution in [2.75, 3.05) is 6.61 Å². The first-order chi connectivity index (χ1) is 11.1. The lowest BCUT2D eigenvalue weighted by Crippen LogP contribution is -2.31. The Morgan fingerprint density at radius 3 is 2.61 bits per heavy atom. The largest absolute Gasteiger partial charge is 0.367 e. The molecule has 0 spiro atoms. The van der Waals surface area contributed by atoms with Gasteiger partial charge in [-0.05, 0) is 11.6 Å². The molecule has 6 heteroatoms. The number of halogens is 2. The Kier molecular flexibility index (Phi) is 5.78. The SMILES string of the molecule is N#C[C@H](NC(=O)COCc1ccccc1)c1ccc(F)cc1F.